The van der Waals surface area contributed by atoms with Crippen molar-refractivity contribution in [2.75, 3.05) is 38.3 Å². The van der Waals surface area contributed by atoms with Crippen molar-refractivity contribution in [2.24, 2.45) is 0 Å². The fourth-order valence-electron chi connectivity index (χ4n) is 2.81. The second-order valence-electron chi connectivity index (χ2n) is 7.57. The van der Waals surface area contributed by atoms with Crippen LogP contribution < -0.4 is 4.90 Å². The van der Waals surface area contributed by atoms with Crippen LogP contribution in [0, 0.1) is 0 Å². The van der Waals surface area contributed by atoms with Crippen LogP contribution in [0.15, 0.2) is 24.3 Å². The van der Waals surface area contributed by atoms with Crippen molar-refractivity contribution in [3.05, 3.63) is 29.8 Å². The number of carbonyl (C=O) groups is 2. The van der Waals surface area contributed by atoms with Crippen molar-refractivity contribution in [2.45, 2.75) is 45.9 Å². The van der Waals surface area contributed by atoms with Crippen LogP contribution in [-0.4, -0.2) is 62.0 Å². The molecule has 7 nitrogen and oxygen atoms in total. The largest absolute Gasteiger partial charge is 0.467 e. The smallest absolute Gasteiger partial charge is 0.411 e. The number of anilines is 1. The lowest BCUT2D eigenvalue weighted by Crippen LogP contribution is -2.45. The molecule has 1 saturated heterocycles. The predicted octanol–water partition coefficient (Wildman–Crippen LogP) is 2.82. The highest BCUT2D eigenvalue weighted by Crippen LogP contribution is 2.20. The van der Waals surface area contributed by atoms with E-state index in [1.165, 1.54) is 12.0 Å². The summed E-state index contributed by atoms with van der Waals surface area (Å²) in [6, 6.07) is 7.23. The standard InChI is InChI=1S/C20H30N2O5/c1-15(18(23)25-5)22(19(24)27-20(2,3)4)14-16-6-8-17(9-7-16)21-10-12-26-13-11-21/h6-9,15H,10-14H2,1-5H3. The molecule has 1 heterocycles. The molecular formula is C20H30N2O5. The van der Waals surface area contributed by atoms with Crippen molar-refractivity contribution in [1.82, 2.24) is 4.90 Å². The Balaban J connectivity index is 2.13. The summed E-state index contributed by atoms with van der Waals surface area (Å²) in [6.45, 7) is 10.5. The maximum atomic E-state index is 12.6. The molecule has 0 aliphatic carbocycles. The normalized spacial score (nSPS) is 15.8. The summed E-state index contributed by atoms with van der Waals surface area (Å²) < 4.78 is 15.6. The SMILES string of the molecule is COC(=O)C(C)N(Cc1ccc(N2CCOCC2)cc1)C(=O)OC(C)(C)C. The third-order valence-corrected chi connectivity index (χ3v) is 4.30. The third-order valence-electron chi connectivity index (χ3n) is 4.30. The summed E-state index contributed by atoms with van der Waals surface area (Å²) in [5, 5.41) is 0. The number of amides is 1. The van der Waals surface area contributed by atoms with Crippen LogP contribution in [0.3, 0.4) is 0 Å². The summed E-state index contributed by atoms with van der Waals surface area (Å²) in [7, 11) is 1.31. The minimum Gasteiger partial charge on any atom is -0.467 e. The molecule has 0 aromatic heterocycles. The molecule has 0 radical (unpaired) electrons. The van der Waals surface area contributed by atoms with Gasteiger partial charge in [0.1, 0.15) is 11.6 Å². The van der Waals surface area contributed by atoms with Crippen LogP contribution in [-0.2, 0) is 25.5 Å². The molecule has 7 heteroatoms. The Hall–Kier alpha value is -2.28. The Kier molecular flexibility index (Phi) is 7.07. The number of ether oxygens (including phenoxy) is 3. The van der Waals surface area contributed by atoms with E-state index in [0.29, 0.717) is 0 Å². The number of rotatable bonds is 5. The molecule has 0 saturated carbocycles. The fourth-order valence-corrected chi connectivity index (χ4v) is 2.81. The predicted molar refractivity (Wildman–Crippen MR) is 103 cm³/mol. The number of hydrogen-bond acceptors (Lipinski definition) is 6. The van der Waals surface area contributed by atoms with Gasteiger partial charge in [-0.3, -0.25) is 4.90 Å². The molecule has 1 aliphatic heterocycles. The Morgan fingerprint density at radius 3 is 2.30 bits per heavy atom. The number of morpholine rings is 1. The average molecular weight is 378 g/mol. The number of nitrogens with zero attached hydrogens (tertiary/aromatic N) is 2. The summed E-state index contributed by atoms with van der Waals surface area (Å²) in [6.07, 6.45) is -0.544. The molecule has 1 unspecified atom stereocenters. The number of benzene rings is 1. The van der Waals surface area contributed by atoms with Gasteiger partial charge in [-0.2, -0.15) is 0 Å². The molecule has 0 N–H and O–H groups in total. The van der Waals surface area contributed by atoms with E-state index in [0.717, 1.165) is 37.6 Å². The van der Waals surface area contributed by atoms with Crippen molar-refractivity contribution in [3.8, 4) is 0 Å². The van der Waals surface area contributed by atoms with Gasteiger partial charge in [-0.05, 0) is 45.4 Å². The van der Waals surface area contributed by atoms with E-state index >= 15 is 0 Å². The summed E-state index contributed by atoms with van der Waals surface area (Å²) in [5.74, 6) is -0.481. The maximum Gasteiger partial charge on any atom is 0.411 e. The van der Waals surface area contributed by atoms with Gasteiger partial charge in [0, 0.05) is 25.3 Å². The van der Waals surface area contributed by atoms with Gasteiger partial charge in [-0.15, -0.1) is 0 Å². The van der Waals surface area contributed by atoms with E-state index in [2.05, 4.69) is 4.90 Å². The molecule has 27 heavy (non-hydrogen) atoms. The van der Waals surface area contributed by atoms with Gasteiger partial charge in [0.05, 0.1) is 20.3 Å². The summed E-state index contributed by atoms with van der Waals surface area (Å²) in [5.41, 5.74) is 1.38. The molecule has 150 valence electrons. The first-order valence-corrected chi connectivity index (χ1v) is 9.20. The Morgan fingerprint density at radius 1 is 1.19 bits per heavy atom. The first-order chi connectivity index (χ1) is 12.7. The van der Waals surface area contributed by atoms with E-state index in [9.17, 15) is 9.59 Å². The van der Waals surface area contributed by atoms with Crippen LogP contribution in [0.25, 0.3) is 0 Å². The van der Waals surface area contributed by atoms with Crippen molar-refractivity contribution < 1.29 is 23.8 Å². The Bertz CT molecular complexity index is 633. The van der Waals surface area contributed by atoms with Gasteiger partial charge in [0.25, 0.3) is 0 Å². The third kappa shape index (κ3) is 6.13. The number of carbonyl (C=O) groups excluding carboxylic acids is 2. The maximum absolute atomic E-state index is 12.6. The zero-order valence-electron chi connectivity index (χ0n) is 16.9. The van der Waals surface area contributed by atoms with Crippen LogP contribution in [0.5, 0.6) is 0 Å². The van der Waals surface area contributed by atoms with Crippen molar-refractivity contribution in [3.63, 3.8) is 0 Å². The monoisotopic (exact) mass is 378 g/mol. The van der Waals surface area contributed by atoms with E-state index in [1.807, 2.05) is 24.3 Å². The minimum atomic E-state index is -0.747. The van der Waals surface area contributed by atoms with Crippen molar-refractivity contribution >= 4 is 17.7 Å². The summed E-state index contributed by atoms with van der Waals surface area (Å²) in [4.78, 5) is 28.2. The molecule has 1 atom stereocenters. The van der Waals surface area contributed by atoms with Crippen LogP contribution in [0.1, 0.15) is 33.3 Å². The Labute approximate surface area is 161 Å². The van der Waals surface area contributed by atoms with Gasteiger partial charge < -0.3 is 19.1 Å². The summed E-state index contributed by atoms with van der Waals surface area (Å²) >= 11 is 0. The average Bonchev–Trinajstić information content (AvgIpc) is 2.64. The highest BCUT2D eigenvalue weighted by molar-refractivity contribution is 5.81. The van der Waals surface area contributed by atoms with Gasteiger partial charge in [0.2, 0.25) is 0 Å². The molecule has 2 rings (SSSR count). The lowest BCUT2D eigenvalue weighted by atomic mass is 10.1. The molecule has 1 aromatic carbocycles. The number of esters is 1. The number of hydrogen-bond donors (Lipinski definition) is 0. The molecule has 0 bridgehead atoms. The molecule has 1 fully saturated rings. The van der Waals surface area contributed by atoms with E-state index in [-0.39, 0.29) is 6.54 Å². The topological polar surface area (TPSA) is 68.3 Å². The van der Waals surface area contributed by atoms with Crippen molar-refractivity contribution in [1.29, 1.82) is 0 Å². The van der Waals surface area contributed by atoms with Crippen LogP contribution in [0.4, 0.5) is 10.5 Å². The van der Waals surface area contributed by atoms with Gasteiger partial charge in [-0.1, -0.05) is 12.1 Å². The molecule has 1 aliphatic rings. The highest BCUT2D eigenvalue weighted by Gasteiger charge is 2.30. The van der Waals surface area contributed by atoms with Gasteiger partial charge in [-0.25, -0.2) is 9.59 Å². The van der Waals surface area contributed by atoms with E-state index < -0.39 is 23.7 Å². The molecular weight excluding hydrogens is 348 g/mol. The zero-order chi connectivity index (χ0) is 20.0. The molecule has 1 aromatic rings. The second-order valence-corrected chi connectivity index (χ2v) is 7.57. The lowest BCUT2D eigenvalue weighted by Gasteiger charge is -2.31. The first-order valence-electron chi connectivity index (χ1n) is 9.20. The first kappa shape index (κ1) is 21.0. The molecule has 0 spiro atoms. The lowest BCUT2D eigenvalue weighted by molar-refractivity contribution is -0.146. The Morgan fingerprint density at radius 2 is 1.78 bits per heavy atom. The van der Waals surface area contributed by atoms with E-state index in [1.54, 1.807) is 27.7 Å². The van der Waals surface area contributed by atoms with E-state index in [4.69, 9.17) is 14.2 Å². The minimum absolute atomic E-state index is 0.259. The zero-order valence-corrected chi connectivity index (χ0v) is 16.9. The molecule has 1 amide bonds. The quantitative estimate of drug-likeness (QED) is 0.734. The number of methoxy groups -OCH3 is 1. The fraction of sp³-hybridized carbons (Fsp3) is 0.600. The van der Waals surface area contributed by atoms with Gasteiger partial charge >= 0.3 is 12.1 Å². The second kappa shape index (κ2) is 9.08. The van der Waals surface area contributed by atoms with Gasteiger partial charge in [0.15, 0.2) is 0 Å². The van der Waals surface area contributed by atoms with Crippen LogP contribution in [0.2, 0.25) is 0 Å². The highest BCUT2D eigenvalue weighted by atomic mass is 16.6. The van der Waals surface area contributed by atoms with Crippen LogP contribution >= 0.6 is 0 Å².